The molecule has 1 fully saturated rings. The van der Waals surface area contributed by atoms with Crippen molar-refractivity contribution in [3.05, 3.63) is 96.2 Å². The molecule has 37 heavy (non-hydrogen) atoms. The van der Waals surface area contributed by atoms with Crippen LogP contribution in [0.3, 0.4) is 0 Å². The van der Waals surface area contributed by atoms with Crippen molar-refractivity contribution in [2.75, 3.05) is 7.05 Å². The normalized spacial score (nSPS) is 16.9. The molecule has 0 spiro atoms. The van der Waals surface area contributed by atoms with E-state index in [9.17, 15) is 18.0 Å². The first-order valence-corrected chi connectivity index (χ1v) is 13.4. The van der Waals surface area contributed by atoms with Gasteiger partial charge in [-0.1, -0.05) is 31.7 Å². The first kappa shape index (κ1) is 24.6. The predicted octanol–water partition coefficient (Wildman–Crippen LogP) is 4.32. The summed E-state index contributed by atoms with van der Waals surface area (Å²) in [4.78, 5) is 34.3. The number of ketones is 1. The van der Waals surface area contributed by atoms with Gasteiger partial charge in [0.05, 0.1) is 22.3 Å². The van der Waals surface area contributed by atoms with Crippen LogP contribution in [-0.4, -0.2) is 41.1 Å². The van der Waals surface area contributed by atoms with Gasteiger partial charge in [0, 0.05) is 47.9 Å². The van der Waals surface area contributed by atoms with Crippen LogP contribution in [0.1, 0.15) is 51.9 Å². The number of carbonyl (C=O) groups is 2. The summed E-state index contributed by atoms with van der Waals surface area (Å²) in [7, 11) is -2.35. The first-order valence-electron chi connectivity index (χ1n) is 11.9. The molecule has 3 aromatic heterocycles. The van der Waals surface area contributed by atoms with Gasteiger partial charge in [0.1, 0.15) is 5.69 Å². The summed E-state index contributed by atoms with van der Waals surface area (Å²) in [6, 6.07) is 13.0. The minimum Gasteiger partial charge on any atom is -0.354 e. The lowest BCUT2D eigenvalue weighted by Crippen LogP contribution is -2.20. The molecule has 4 aromatic rings. The van der Waals surface area contributed by atoms with E-state index in [-0.39, 0.29) is 16.4 Å². The Balaban J connectivity index is 1.57. The van der Waals surface area contributed by atoms with Crippen LogP contribution in [0.2, 0.25) is 0 Å². The van der Waals surface area contributed by atoms with E-state index in [1.807, 2.05) is 0 Å². The van der Waals surface area contributed by atoms with Gasteiger partial charge in [0.2, 0.25) is 0 Å². The van der Waals surface area contributed by atoms with E-state index < -0.39 is 15.9 Å². The van der Waals surface area contributed by atoms with Gasteiger partial charge >= 0.3 is 0 Å². The fraction of sp³-hybridized carbons (Fsp3) is 0.214. The van der Waals surface area contributed by atoms with Gasteiger partial charge in [-0.3, -0.25) is 14.6 Å². The Labute approximate surface area is 215 Å². The van der Waals surface area contributed by atoms with Crippen LogP contribution in [0.5, 0.6) is 0 Å². The number of hydrogen-bond acceptors (Lipinski definition) is 6. The lowest BCUT2D eigenvalue weighted by molar-refractivity contribution is 0.0958. The summed E-state index contributed by atoms with van der Waals surface area (Å²) < 4.78 is 27.7. The van der Waals surface area contributed by atoms with Crippen molar-refractivity contribution in [2.45, 2.75) is 24.7 Å². The van der Waals surface area contributed by atoms with Crippen molar-refractivity contribution in [1.29, 1.82) is 0 Å². The molecule has 0 unspecified atom stereocenters. The van der Waals surface area contributed by atoms with E-state index in [2.05, 4.69) is 28.8 Å². The fourth-order valence-electron chi connectivity index (χ4n) is 4.46. The molecule has 8 nitrogen and oxygen atoms in total. The number of aromatic nitrogens is 3. The summed E-state index contributed by atoms with van der Waals surface area (Å²) in [5.74, 6) is 0.422. The molecule has 1 aliphatic carbocycles. The van der Waals surface area contributed by atoms with Gasteiger partial charge in [-0.2, -0.15) is 0 Å². The zero-order chi connectivity index (χ0) is 26.3. The van der Waals surface area contributed by atoms with E-state index >= 15 is 0 Å². The first-order chi connectivity index (χ1) is 17.7. The highest BCUT2D eigenvalue weighted by molar-refractivity contribution is 7.90. The number of fused-ring (bicyclic) bond motifs is 1. The predicted molar refractivity (Wildman–Crippen MR) is 141 cm³/mol. The van der Waals surface area contributed by atoms with Crippen molar-refractivity contribution < 1.29 is 18.0 Å². The van der Waals surface area contributed by atoms with E-state index in [1.165, 1.54) is 41.6 Å². The molecule has 0 aliphatic heterocycles. The average Bonchev–Trinajstić information content (AvgIpc) is 3.42. The number of benzene rings is 1. The standard InChI is InChI=1S/C28H26N4O4S/c1-17-11-19(17)14-27(33)20-12-24(31-25(13-20)28(34)29-3)18(2)23-15-30-16-26-22(23)9-10-32(26)37(35,36)21-7-5-4-6-8-21/h4-10,12-13,15-17,19H,2,11,14H2,1,3H3,(H,29,34)/t17-,19+/m0/s1. The molecule has 188 valence electrons. The highest BCUT2D eigenvalue weighted by Crippen LogP contribution is 2.41. The highest BCUT2D eigenvalue weighted by atomic mass is 32.2. The zero-order valence-electron chi connectivity index (χ0n) is 20.5. The van der Waals surface area contributed by atoms with Crippen LogP contribution < -0.4 is 5.32 Å². The third kappa shape index (κ3) is 4.58. The molecule has 0 radical (unpaired) electrons. The zero-order valence-corrected chi connectivity index (χ0v) is 21.3. The Kier molecular flexibility index (Phi) is 6.25. The smallest absolute Gasteiger partial charge is 0.269 e. The van der Waals surface area contributed by atoms with E-state index in [4.69, 9.17) is 0 Å². The molecule has 0 saturated heterocycles. The number of amides is 1. The Bertz CT molecular complexity index is 1660. The second-order valence-electron chi connectivity index (χ2n) is 9.33. The minimum atomic E-state index is -3.85. The van der Waals surface area contributed by atoms with Crippen LogP contribution >= 0.6 is 0 Å². The van der Waals surface area contributed by atoms with E-state index in [0.29, 0.717) is 51.6 Å². The van der Waals surface area contributed by atoms with Gasteiger partial charge < -0.3 is 5.32 Å². The van der Waals surface area contributed by atoms with Gasteiger partial charge in [0.25, 0.3) is 15.9 Å². The Morgan fingerprint density at radius 2 is 1.81 bits per heavy atom. The number of carbonyl (C=O) groups excluding carboxylic acids is 2. The van der Waals surface area contributed by atoms with Gasteiger partial charge in [0.15, 0.2) is 5.78 Å². The number of pyridine rings is 2. The second kappa shape index (κ2) is 9.40. The monoisotopic (exact) mass is 514 g/mol. The molecule has 9 heteroatoms. The maximum Gasteiger partial charge on any atom is 0.269 e. The lowest BCUT2D eigenvalue weighted by Gasteiger charge is -2.12. The van der Waals surface area contributed by atoms with Crippen molar-refractivity contribution in [2.24, 2.45) is 11.8 Å². The molecular weight excluding hydrogens is 488 g/mol. The number of nitrogens with one attached hydrogen (secondary N) is 1. The summed E-state index contributed by atoms with van der Waals surface area (Å²) in [6.07, 6.45) is 5.97. The quantitative estimate of drug-likeness (QED) is 0.351. The Hall–Kier alpha value is -4.11. The number of Topliss-reactive ketones (excluding diaryl/α,β-unsaturated/α-hetero) is 1. The van der Waals surface area contributed by atoms with Crippen molar-refractivity contribution in [3.63, 3.8) is 0 Å². The fourth-order valence-corrected chi connectivity index (χ4v) is 5.81. The molecule has 1 N–H and O–H groups in total. The summed E-state index contributed by atoms with van der Waals surface area (Å²) in [5, 5.41) is 3.16. The van der Waals surface area contributed by atoms with Crippen molar-refractivity contribution in [3.8, 4) is 0 Å². The summed E-state index contributed by atoms with van der Waals surface area (Å²) >= 11 is 0. The van der Waals surface area contributed by atoms with Gasteiger partial charge in [-0.05, 0) is 48.6 Å². The number of hydrogen-bond donors (Lipinski definition) is 1. The van der Waals surface area contributed by atoms with E-state index in [0.717, 1.165) is 6.42 Å². The maximum atomic E-state index is 13.3. The molecule has 0 bridgehead atoms. The molecular formula is C28H26N4O4S. The molecule has 3 heterocycles. The molecule has 1 aliphatic rings. The molecule has 1 aromatic carbocycles. The van der Waals surface area contributed by atoms with Crippen LogP contribution in [0.25, 0.3) is 16.5 Å². The number of rotatable bonds is 8. The molecule has 5 rings (SSSR count). The Morgan fingerprint density at radius 3 is 2.49 bits per heavy atom. The summed E-state index contributed by atoms with van der Waals surface area (Å²) in [6.45, 7) is 6.30. The largest absolute Gasteiger partial charge is 0.354 e. The SMILES string of the molecule is C=C(c1cc(C(=O)C[C@H]2C[C@@H]2C)cc(C(=O)NC)n1)c1cncc2c1ccn2S(=O)(=O)c1ccccc1. The topological polar surface area (TPSA) is 111 Å². The average molecular weight is 515 g/mol. The van der Waals surface area contributed by atoms with Gasteiger partial charge in [-0.25, -0.2) is 17.4 Å². The highest BCUT2D eigenvalue weighted by Gasteiger charge is 2.34. The minimum absolute atomic E-state index is 0.0487. The lowest BCUT2D eigenvalue weighted by atomic mass is 9.98. The molecule has 1 saturated carbocycles. The summed E-state index contributed by atoms with van der Waals surface area (Å²) in [5.41, 5.74) is 2.21. The van der Waals surface area contributed by atoms with Gasteiger partial charge in [-0.15, -0.1) is 0 Å². The van der Waals surface area contributed by atoms with Crippen LogP contribution in [0.4, 0.5) is 0 Å². The van der Waals surface area contributed by atoms with Crippen LogP contribution in [0.15, 0.2) is 78.6 Å². The Morgan fingerprint density at radius 1 is 1.11 bits per heavy atom. The third-order valence-corrected chi connectivity index (χ3v) is 8.55. The van der Waals surface area contributed by atoms with Crippen LogP contribution in [-0.2, 0) is 10.0 Å². The maximum absolute atomic E-state index is 13.3. The second-order valence-corrected chi connectivity index (χ2v) is 11.1. The van der Waals surface area contributed by atoms with Crippen LogP contribution in [0, 0.1) is 11.8 Å². The molecule has 2 atom stereocenters. The molecule has 1 amide bonds. The van der Waals surface area contributed by atoms with Crippen molar-refractivity contribution in [1.82, 2.24) is 19.3 Å². The van der Waals surface area contributed by atoms with Crippen molar-refractivity contribution >= 4 is 38.2 Å². The van der Waals surface area contributed by atoms with E-state index in [1.54, 1.807) is 36.5 Å². The third-order valence-electron chi connectivity index (χ3n) is 6.85. The number of nitrogens with zero attached hydrogens (tertiary/aromatic N) is 3.